The largest absolute Gasteiger partial charge is 0.425 e. The monoisotopic (exact) mass is 350 g/mol. The Hall–Kier alpha value is -3.15. The Bertz CT molecular complexity index is 971. The minimum atomic E-state index is -0.279. The van der Waals surface area contributed by atoms with Crippen LogP contribution in [-0.2, 0) is 13.6 Å². The number of nitrogens with zero attached hydrogens (tertiary/aromatic N) is 4. The van der Waals surface area contributed by atoms with Crippen LogP contribution in [0, 0.1) is 19.7 Å². The van der Waals surface area contributed by atoms with Gasteiger partial charge in [0.2, 0.25) is 0 Å². The molecule has 0 spiro atoms. The highest BCUT2D eigenvalue weighted by Gasteiger charge is 2.27. The molecule has 1 aliphatic heterocycles. The van der Waals surface area contributed by atoms with Crippen LogP contribution in [0.1, 0.15) is 16.8 Å². The molecule has 0 bridgehead atoms. The molecule has 0 atom stereocenters. The van der Waals surface area contributed by atoms with E-state index in [1.807, 2.05) is 48.6 Å². The number of anilines is 1. The number of para-hydroxylation sites is 1. The predicted octanol–water partition coefficient (Wildman–Crippen LogP) is 4.26. The van der Waals surface area contributed by atoms with Crippen LogP contribution >= 0.6 is 0 Å². The SMILES string of the molecule is Cc1cccc(C)c1OC1=Nc2c(ncn2C)CN1c1ccc(F)cc1. The topological polar surface area (TPSA) is 42.7 Å². The summed E-state index contributed by atoms with van der Waals surface area (Å²) in [6, 6.07) is 12.7. The van der Waals surface area contributed by atoms with Crippen molar-refractivity contribution < 1.29 is 9.13 Å². The lowest BCUT2D eigenvalue weighted by molar-refractivity contribution is 0.518. The minimum absolute atomic E-state index is 0.279. The normalized spacial score (nSPS) is 13.4. The smallest absolute Gasteiger partial charge is 0.304 e. The van der Waals surface area contributed by atoms with Crippen LogP contribution in [0.2, 0.25) is 0 Å². The second-order valence-corrected chi connectivity index (χ2v) is 6.41. The number of imidazole rings is 1. The molecule has 3 aromatic rings. The van der Waals surface area contributed by atoms with Crippen molar-refractivity contribution in [3.8, 4) is 5.75 Å². The second-order valence-electron chi connectivity index (χ2n) is 6.41. The maximum absolute atomic E-state index is 13.4. The molecule has 0 amide bonds. The summed E-state index contributed by atoms with van der Waals surface area (Å²) in [6.07, 6.45) is 1.74. The lowest BCUT2D eigenvalue weighted by Crippen LogP contribution is -2.37. The van der Waals surface area contributed by atoms with Gasteiger partial charge in [-0.25, -0.2) is 9.37 Å². The molecule has 26 heavy (non-hydrogen) atoms. The molecular weight excluding hydrogens is 331 g/mol. The van der Waals surface area contributed by atoms with E-state index >= 15 is 0 Å². The molecule has 0 radical (unpaired) electrons. The summed E-state index contributed by atoms with van der Waals surface area (Å²) >= 11 is 0. The molecule has 0 saturated carbocycles. The molecule has 0 unspecified atom stereocenters. The van der Waals surface area contributed by atoms with Crippen molar-refractivity contribution in [2.45, 2.75) is 20.4 Å². The highest BCUT2D eigenvalue weighted by molar-refractivity contribution is 5.96. The van der Waals surface area contributed by atoms with E-state index in [1.54, 1.807) is 18.5 Å². The van der Waals surface area contributed by atoms with E-state index < -0.39 is 0 Å². The van der Waals surface area contributed by atoms with Gasteiger partial charge in [0.05, 0.1) is 12.9 Å². The molecule has 132 valence electrons. The van der Waals surface area contributed by atoms with Gasteiger partial charge in [0, 0.05) is 12.7 Å². The molecule has 0 saturated heterocycles. The van der Waals surface area contributed by atoms with E-state index in [0.29, 0.717) is 12.6 Å². The summed E-state index contributed by atoms with van der Waals surface area (Å²) < 4.78 is 21.5. The van der Waals surface area contributed by atoms with Gasteiger partial charge in [-0.3, -0.25) is 4.90 Å². The number of fused-ring (bicyclic) bond motifs is 1. The Morgan fingerprint density at radius 1 is 1.04 bits per heavy atom. The summed E-state index contributed by atoms with van der Waals surface area (Å²) in [4.78, 5) is 11.0. The quantitative estimate of drug-likeness (QED) is 0.693. The van der Waals surface area contributed by atoms with Gasteiger partial charge < -0.3 is 9.30 Å². The lowest BCUT2D eigenvalue weighted by atomic mass is 10.1. The first-order valence-electron chi connectivity index (χ1n) is 8.39. The first kappa shape index (κ1) is 16.3. The fraction of sp³-hybridized carbons (Fsp3) is 0.200. The zero-order valence-corrected chi connectivity index (χ0v) is 14.9. The van der Waals surface area contributed by atoms with Crippen LogP contribution in [0.4, 0.5) is 15.9 Å². The van der Waals surface area contributed by atoms with Crippen LogP contribution < -0.4 is 9.64 Å². The summed E-state index contributed by atoms with van der Waals surface area (Å²) in [6.45, 7) is 4.51. The fourth-order valence-electron chi connectivity index (χ4n) is 3.05. The minimum Gasteiger partial charge on any atom is -0.425 e. The first-order valence-corrected chi connectivity index (χ1v) is 8.39. The van der Waals surface area contributed by atoms with E-state index in [4.69, 9.17) is 4.74 Å². The predicted molar refractivity (Wildman–Crippen MR) is 99.4 cm³/mol. The van der Waals surface area contributed by atoms with Crippen molar-refractivity contribution in [2.75, 3.05) is 4.90 Å². The summed E-state index contributed by atoms with van der Waals surface area (Å²) in [5, 5.41) is 0. The van der Waals surface area contributed by atoms with Gasteiger partial charge in [-0.05, 0) is 49.2 Å². The van der Waals surface area contributed by atoms with E-state index in [-0.39, 0.29) is 5.82 Å². The third-order valence-electron chi connectivity index (χ3n) is 4.46. The molecular formula is C20H19FN4O. The third kappa shape index (κ3) is 2.83. The number of aryl methyl sites for hydroxylation is 3. The van der Waals surface area contributed by atoms with Gasteiger partial charge >= 0.3 is 6.02 Å². The summed E-state index contributed by atoms with van der Waals surface area (Å²) in [5.74, 6) is 1.27. The molecule has 6 heteroatoms. The van der Waals surface area contributed by atoms with Crippen LogP contribution in [0.3, 0.4) is 0 Å². The maximum atomic E-state index is 13.4. The number of aliphatic imine (C=N–C) groups is 1. The number of rotatable bonds is 2. The Morgan fingerprint density at radius 2 is 1.73 bits per heavy atom. The molecule has 1 aromatic heterocycles. The number of ether oxygens (including phenoxy) is 1. The zero-order chi connectivity index (χ0) is 18.3. The van der Waals surface area contributed by atoms with E-state index in [1.165, 1.54) is 12.1 Å². The fourth-order valence-corrected chi connectivity index (χ4v) is 3.05. The Morgan fingerprint density at radius 3 is 2.42 bits per heavy atom. The molecule has 4 rings (SSSR count). The zero-order valence-electron chi connectivity index (χ0n) is 14.9. The summed E-state index contributed by atoms with van der Waals surface area (Å²) in [7, 11) is 1.90. The van der Waals surface area contributed by atoms with E-state index in [9.17, 15) is 4.39 Å². The average molecular weight is 350 g/mol. The highest BCUT2D eigenvalue weighted by atomic mass is 19.1. The van der Waals surface area contributed by atoms with Crippen molar-refractivity contribution >= 4 is 17.5 Å². The van der Waals surface area contributed by atoms with Gasteiger partial charge in [0.1, 0.15) is 17.3 Å². The molecule has 0 aliphatic carbocycles. The maximum Gasteiger partial charge on any atom is 0.304 e. The van der Waals surface area contributed by atoms with E-state index in [0.717, 1.165) is 34.1 Å². The molecule has 0 N–H and O–H groups in total. The summed E-state index contributed by atoms with van der Waals surface area (Å²) in [5.41, 5.74) is 3.71. The number of amidine groups is 1. The van der Waals surface area contributed by atoms with Gasteiger partial charge in [-0.15, -0.1) is 0 Å². The van der Waals surface area contributed by atoms with Gasteiger partial charge in [0.15, 0.2) is 5.82 Å². The van der Waals surface area contributed by atoms with Crippen LogP contribution in [0.5, 0.6) is 5.75 Å². The van der Waals surface area contributed by atoms with Crippen LogP contribution in [0.25, 0.3) is 0 Å². The van der Waals surface area contributed by atoms with E-state index in [2.05, 4.69) is 9.98 Å². The van der Waals surface area contributed by atoms with Gasteiger partial charge in [0.25, 0.3) is 0 Å². The van der Waals surface area contributed by atoms with Crippen molar-refractivity contribution in [2.24, 2.45) is 12.0 Å². The standard InChI is InChI=1S/C20H19FN4O/c1-13-5-4-6-14(2)18(13)26-20-23-19-17(22-12-24(19)3)11-25(20)16-9-7-15(21)8-10-16/h4-10,12H,11H2,1-3H3. The number of hydrogen-bond acceptors (Lipinski definition) is 4. The highest BCUT2D eigenvalue weighted by Crippen LogP contribution is 2.31. The number of hydrogen-bond donors (Lipinski definition) is 0. The lowest BCUT2D eigenvalue weighted by Gasteiger charge is -2.28. The average Bonchev–Trinajstić information content (AvgIpc) is 2.99. The first-order chi connectivity index (χ1) is 12.5. The molecule has 5 nitrogen and oxygen atoms in total. The van der Waals surface area contributed by atoms with Crippen molar-refractivity contribution in [1.82, 2.24) is 9.55 Å². The van der Waals surface area contributed by atoms with Crippen molar-refractivity contribution in [3.63, 3.8) is 0 Å². The van der Waals surface area contributed by atoms with Gasteiger partial charge in [-0.1, -0.05) is 18.2 Å². The van der Waals surface area contributed by atoms with Gasteiger partial charge in [-0.2, -0.15) is 4.99 Å². The Balaban J connectivity index is 1.79. The molecule has 0 fully saturated rings. The van der Waals surface area contributed by atoms with Crippen LogP contribution in [0.15, 0.2) is 53.8 Å². The third-order valence-corrected chi connectivity index (χ3v) is 4.46. The second kappa shape index (κ2) is 6.29. The Labute approximate surface area is 151 Å². The van der Waals surface area contributed by atoms with Crippen molar-refractivity contribution in [3.05, 3.63) is 71.4 Å². The van der Waals surface area contributed by atoms with Crippen molar-refractivity contribution in [1.29, 1.82) is 0 Å². The number of aromatic nitrogens is 2. The molecule has 2 aromatic carbocycles. The molecule has 2 heterocycles. The molecule has 1 aliphatic rings. The Kier molecular flexibility index (Phi) is 3.95. The number of halogens is 1. The number of benzene rings is 2. The van der Waals surface area contributed by atoms with Crippen LogP contribution in [-0.4, -0.2) is 15.6 Å².